The lowest BCUT2D eigenvalue weighted by Gasteiger charge is -2.17. The lowest BCUT2D eigenvalue weighted by molar-refractivity contribution is 0.494. The van der Waals surface area contributed by atoms with Crippen molar-refractivity contribution in [2.45, 2.75) is 13.8 Å². The van der Waals surface area contributed by atoms with Crippen LogP contribution in [-0.4, -0.2) is 19.9 Å². The van der Waals surface area contributed by atoms with Crippen LogP contribution in [0.1, 0.15) is 13.8 Å². The van der Waals surface area contributed by atoms with E-state index in [0.717, 1.165) is 11.8 Å². The van der Waals surface area contributed by atoms with Crippen LogP contribution in [0.5, 0.6) is 0 Å². The molecule has 3 atom stereocenters. The first kappa shape index (κ1) is 10.2. The molecule has 0 N–H and O–H groups in total. The van der Waals surface area contributed by atoms with Gasteiger partial charge in [-0.05, 0) is 31.1 Å². The summed E-state index contributed by atoms with van der Waals surface area (Å²) < 4.78 is 0. The molecule has 2 heteroatoms. The maximum Gasteiger partial charge on any atom is 0.371 e. The average Bonchev–Trinajstić information content (AvgIpc) is 2.44. The van der Waals surface area contributed by atoms with Crippen LogP contribution in [0.25, 0.3) is 0 Å². The molecule has 1 aromatic rings. The van der Waals surface area contributed by atoms with Gasteiger partial charge in [0.25, 0.3) is 0 Å². The third kappa shape index (κ3) is 1.75. The van der Waals surface area contributed by atoms with Gasteiger partial charge in [0.05, 0.1) is 17.6 Å². The number of hydrogen-bond acceptors (Lipinski definition) is 0. The van der Waals surface area contributed by atoms with E-state index in [-0.39, 0.29) is 0 Å². The maximum atomic E-state index is 6.57. The van der Waals surface area contributed by atoms with Crippen molar-refractivity contribution in [2.75, 3.05) is 12.3 Å². The molecule has 1 aliphatic rings. The van der Waals surface area contributed by atoms with Crippen molar-refractivity contribution in [3.8, 4) is 0 Å². The molecule has 0 spiro atoms. The van der Waals surface area contributed by atoms with E-state index in [2.05, 4.69) is 44.2 Å². The first-order chi connectivity index (χ1) is 6.62. The van der Waals surface area contributed by atoms with Crippen LogP contribution in [0.15, 0.2) is 30.3 Å². The van der Waals surface area contributed by atoms with Gasteiger partial charge < -0.3 is 0 Å². The fraction of sp³-hybridized carbons (Fsp3) is 0.500. The van der Waals surface area contributed by atoms with E-state index in [0.29, 0.717) is 0 Å². The topological polar surface area (TPSA) is 0 Å². The van der Waals surface area contributed by atoms with Gasteiger partial charge in [-0.15, -0.1) is 0 Å². The molecular weight excluding hydrogens is 186 g/mol. The molecule has 1 aromatic carbocycles. The van der Waals surface area contributed by atoms with Gasteiger partial charge in [-0.25, -0.2) is 0 Å². The minimum Gasteiger partial charge on any atom is -0.0620 e. The predicted molar refractivity (Wildman–Crippen MR) is 66.8 cm³/mol. The van der Waals surface area contributed by atoms with E-state index >= 15 is 0 Å². The van der Waals surface area contributed by atoms with E-state index in [9.17, 15) is 0 Å². The van der Waals surface area contributed by atoms with E-state index in [1.54, 1.807) is 0 Å². The van der Waals surface area contributed by atoms with Gasteiger partial charge in [-0.2, -0.15) is 0 Å². The summed E-state index contributed by atoms with van der Waals surface area (Å²) >= 11 is 0. The zero-order chi connectivity index (χ0) is 10.2. The highest BCUT2D eigenvalue weighted by atomic mass is 31.2. The highest BCUT2D eigenvalue weighted by Crippen LogP contribution is 2.61. The molecule has 0 aromatic heterocycles. The van der Waals surface area contributed by atoms with Crippen LogP contribution in [0.3, 0.4) is 0 Å². The second-order valence-electron chi connectivity index (χ2n) is 4.69. The lowest BCUT2D eigenvalue weighted by atomic mass is 10.0. The Hall–Kier alpha value is -0.285. The zero-order valence-electron chi connectivity index (χ0n) is 8.98. The van der Waals surface area contributed by atoms with Crippen LogP contribution in [0.2, 0.25) is 0 Å². The van der Waals surface area contributed by atoms with Gasteiger partial charge in [-0.3, -0.25) is 0 Å². The van der Waals surface area contributed by atoms with Gasteiger partial charge in [0.2, 0.25) is 0 Å². The van der Waals surface area contributed by atoms with Crippen LogP contribution >= 0.6 is 7.14 Å². The molecule has 0 saturated carbocycles. The van der Waals surface area contributed by atoms with Crippen molar-refractivity contribution in [1.82, 2.24) is 0 Å². The molecular formula is C12H17BP+. The van der Waals surface area contributed by atoms with Gasteiger partial charge in [0.15, 0.2) is 0 Å². The van der Waals surface area contributed by atoms with Crippen molar-refractivity contribution < 1.29 is 0 Å². The molecule has 1 heterocycles. The monoisotopic (exact) mass is 203 g/mol. The van der Waals surface area contributed by atoms with Crippen LogP contribution in [0, 0.1) is 11.8 Å². The van der Waals surface area contributed by atoms with E-state index in [1.807, 2.05) is 0 Å². The minimum absolute atomic E-state index is 0.800. The van der Waals surface area contributed by atoms with Crippen molar-refractivity contribution in [2.24, 2.45) is 11.8 Å². The minimum atomic E-state index is -1.28. The summed E-state index contributed by atoms with van der Waals surface area (Å²) in [5.41, 5.74) is 0. The molecule has 2 radical (unpaired) electrons. The smallest absolute Gasteiger partial charge is 0.0620 e. The lowest BCUT2D eigenvalue weighted by Crippen LogP contribution is -2.13. The zero-order valence-corrected chi connectivity index (χ0v) is 9.87. The molecule has 1 fully saturated rings. The fourth-order valence-electron chi connectivity index (χ4n) is 2.40. The number of hydrogen-bond donors (Lipinski definition) is 0. The Morgan fingerprint density at radius 3 is 2.07 bits per heavy atom. The van der Waals surface area contributed by atoms with E-state index < -0.39 is 7.14 Å². The summed E-state index contributed by atoms with van der Waals surface area (Å²) in [6.07, 6.45) is 2.47. The molecule has 1 saturated heterocycles. The third-order valence-electron chi connectivity index (χ3n) is 3.47. The Bertz CT molecular complexity index is 299. The molecule has 0 amide bonds. The summed E-state index contributed by atoms with van der Waals surface area (Å²) in [7, 11) is 5.29. The standard InChI is InChI=1S/C12H17BP/c1-10-8-14(13,9-11(10)2)12-6-4-3-5-7-12/h3-7,10-11H,8-9H2,1-2H3/q+1/t10-,11+,14?. The molecule has 1 aliphatic heterocycles. The third-order valence-corrected chi connectivity index (χ3v) is 7.25. The second-order valence-corrected chi connectivity index (χ2v) is 8.00. The number of rotatable bonds is 1. The largest absolute Gasteiger partial charge is 0.371 e. The second kappa shape index (κ2) is 3.70. The summed E-state index contributed by atoms with van der Waals surface area (Å²) in [5, 5.41) is 1.41. The Morgan fingerprint density at radius 2 is 1.57 bits per heavy atom. The molecule has 14 heavy (non-hydrogen) atoms. The summed E-state index contributed by atoms with van der Waals surface area (Å²) in [6.45, 7) is 4.67. The molecule has 0 nitrogen and oxygen atoms in total. The van der Waals surface area contributed by atoms with E-state index in [1.165, 1.54) is 17.6 Å². The van der Waals surface area contributed by atoms with Crippen molar-refractivity contribution >= 4 is 20.0 Å². The van der Waals surface area contributed by atoms with Gasteiger partial charge in [0, 0.05) is 0 Å². The Morgan fingerprint density at radius 1 is 1.07 bits per heavy atom. The first-order valence-corrected chi connectivity index (χ1v) is 7.56. The Labute approximate surface area is 88.8 Å². The average molecular weight is 203 g/mol. The normalized spacial score (nSPS) is 37.3. The van der Waals surface area contributed by atoms with E-state index in [4.69, 9.17) is 7.57 Å². The van der Waals surface area contributed by atoms with Crippen molar-refractivity contribution in [3.63, 3.8) is 0 Å². The molecule has 0 aliphatic carbocycles. The quantitative estimate of drug-likeness (QED) is 0.486. The molecule has 2 rings (SSSR count). The number of benzene rings is 1. The SMILES string of the molecule is [B][P+]1(c2ccccc2)C[C@@H](C)[C@@H](C)C1. The Balaban J connectivity index is 2.27. The molecule has 72 valence electrons. The van der Waals surface area contributed by atoms with Crippen LogP contribution in [0.4, 0.5) is 0 Å². The van der Waals surface area contributed by atoms with Crippen molar-refractivity contribution in [1.29, 1.82) is 0 Å². The van der Waals surface area contributed by atoms with Crippen LogP contribution < -0.4 is 5.30 Å². The van der Waals surface area contributed by atoms with Gasteiger partial charge >= 0.3 is 7.57 Å². The summed E-state index contributed by atoms with van der Waals surface area (Å²) in [4.78, 5) is 0. The highest BCUT2D eigenvalue weighted by molar-refractivity contribution is 8.03. The molecule has 0 bridgehead atoms. The van der Waals surface area contributed by atoms with Gasteiger partial charge in [0.1, 0.15) is 0 Å². The molecule has 1 unspecified atom stereocenters. The summed E-state index contributed by atoms with van der Waals surface area (Å²) in [5.74, 6) is 1.60. The first-order valence-electron chi connectivity index (χ1n) is 5.33. The van der Waals surface area contributed by atoms with Crippen molar-refractivity contribution in [3.05, 3.63) is 30.3 Å². The van der Waals surface area contributed by atoms with Gasteiger partial charge in [-0.1, -0.05) is 32.0 Å². The fourth-order valence-corrected chi connectivity index (χ4v) is 6.51. The highest BCUT2D eigenvalue weighted by Gasteiger charge is 2.45. The maximum absolute atomic E-state index is 6.57. The summed E-state index contributed by atoms with van der Waals surface area (Å²) in [6, 6.07) is 10.7. The Kier molecular flexibility index (Phi) is 2.71. The predicted octanol–water partition coefficient (Wildman–Crippen LogP) is 2.70. The van der Waals surface area contributed by atoms with Crippen LogP contribution in [-0.2, 0) is 0 Å².